The average Bonchev–Trinajstić information content (AvgIpc) is 3.07. The summed E-state index contributed by atoms with van der Waals surface area (Å²) >= 11 is 0. The van der Waals surface area contributed by atoms with Crippen LogP contribution in [0.5, 0.6) is 0 Å². The summed E-state index contributed by atoms with van der Waals surface area (Å²) in [6.45, 7) is 0. The van der Waals surface area contributed by atoms with Gasteiger partial charge in [-0.05, 0) is 25.2 Å². The van der Waals surface area contributed by atoms with E-state index >= 15 is 0 Å². The molecule has 0 bridgehead atoms. The summed E-state index contributed by atoms with van der Waals surface area (Å²) in [5.41, 5.74) is 3.42. The molecule has 1 unspecified atom stereocenters. The normalized spacial score (nSPS) is 11.5. The Morgan fingerprint density at radius 3 is 2.62 bits per heavy atom. The lowest BCUT2D eigenvalue weighted by atomic mass is 10.1. The van der Waals surface area contributed by atoms with Crippen molar-refractivity contribution < 1.29 is 4.79 Å². The number of anilines is 1. The van der Waals surface area contributed by atoms with E-state index in [1.54, 1.807) is 24.3 Å². The number of nitrogens with one attached hydrogen (secondary N) is 2. The second-order valence-electron chi connectivity index (χ2n) is 5.22. The van der Waals surface area contributed by atoms with Crippen LogP contribution in [0.3, 0.4) is 0 Å². The highest BCUT2D eigenvalue weighted by molar-refractivity contribution is 5.97. The first kappa shape index (κ1) is 20.0. The third kappa shape index (κ3) is 3.87. The van der Waals surface area contributed by atoms with Crippen LogP contribution in [-0.2, 0) is 18.9 Å². The molecular formula is C15H20Cl2N6O. The van der Waals surface area contributed by atoms with Gasteiger partial charge < -0.3 is 15.2 Å². The van der Waals surface area contributed by atoms with Crippen molar-refractivity contribution in [2.24, 2.45) is 14.1 Å². The van der Waals surface area contributed by atoms with Crippen LogP contribution in [0.2, 0.25) is 0 Å². The minimum atomic E-state index is -0.451. The number of aromatic nitrogens is 4. The number of carbonyl (C=O) groups is 1. The summed E-state index contributed by atoms with van der Waals surface area (Å²) in [5.74, 6) is -0.134. The van der Waals surface area contributed by atoms with E-state index in [0.717, 1.165) is 22.3 Å². The number of benzene rings is 1. The standard InChI is InChI=1S/C15H18N6O.2ClH/c1-16-14(10-7-18-21(3)8-10)15(22)19-11-4-5-13-12(6-11)17-9-20(13)2;;/h4-9,14,16H,1-3H3,(H,19,22);2*1H. The largest absolute Gasteiger partial charge is 0.334 e. The Balaban J connectivity index is 0.00000144. The molecule has 3 aromatic rings. The number of halogens is 2. The molecule has 1 aromatic carbocycles. The Kier molecular flexibility index (Phi) is 6.77. The fourth-order valence-electron chi connectivity index (χ4n) is 2.47. The number of hydrogen-bond donors (Lipinski definition) is 2. The summed E-state index contributed by atoms with van der Waals surface area (Å²) < 4.78 is 3.61. The third-order valence-corrected chi connectivity index (χ3v) is 3.60. The number of carbonyl (C=O) groups excluding carboxylic acids is 1. The number of amides is 1. The molecule has 0 fully saturated rings. The van der Waals surface area contributed by atoms with Gasteiger partial charge in [-0.1, -0.05) is 0 Å². The summed E-state index contributed by atoms with van der Waals surface area (Å²) in [4.78, 5) is 16.8. The van der Waals surface area contributed by atoms with Crippen LogP contribution in [-0.4, -0.2) is 32.3 Å². The molecule has 7 nitrogen and oxygen atoms in total. The Bertz CT molecular complexity index is 828. The number of hydrogen-bond acceptors (Lipinski definition) is 4. The second-order valence-corrected chi connectivity index (χ2v) is 5.22. The number of fused-ring (bicyclic) bond motifs is 1. The van der Waals surface area contributed by atoms with Crippen LogP contribution in [0.15, 0.2) is 36.9 Å². The van der Waals surface area contributed by atoms with E-state index in [1.807, 2.05) is 43.1 Å². The molecule has 2 aromatic heterocycles. The lowest BCUT2D eigenvalue weighted by Gasteiger charge is -2.14. The molecule has 24 heavy (non-hydrogen) atoms. The predicted molar refractivity (Wildman–Crippen MR) is 98.8 cm³/mol. The van der Waals surface area contributed by atoms with Crippen LogP contribution in [0.4, 0.5) is 5.69 Å². The first-order valence-corrected chi connectivity index (χ1v) is 6.96. The average molecular weight is 371 g/mol. The Labute approximate surface area is 152 Å². The predicted octanol–water partition coefficient (Wildman–Crippen LogP) is 2.05. The summed E-state index contributed by atoms with van der Waals surface area (Å²) in [7, 11) is 5.51. The molecule has 3 rings (SSSR count). The molecule has 0 aliphatic rings. The molecule has 2 heterocycles. The fourth-order valence-corrected chi connectivity index (χ4v) is 2.47. The summed E-state index contributed by atoms with van der Waals surface area (Å²) in [6, 6.07) is 5.23. The minimum Gasteiger partial charge on any atom is -0.334 e. The molecule has 0 saturated heterocycles. The molecule has 9 heteroatoms. The zero-order valence-corrected chi connectivity index (χ0v) is 15.2. The van der Waals surface area contributed by atoms with Crippen LogP contribution in [0, 0.1) is 0 Å². The molecular weight excluding hydrogens is 351 g/mol. The van der Waals surface area contributed by atoms with Crippen molar-refractivity contribution in [2.45, 2.75) is 6.04 Å². The molecule has 2 N–H and O–H groups in total. The molecule has 0 spiro atoms. The van der Waals surface area contributed by atoms with E-state index in [9.17, 15) is 4.79 Å². The van der Waals surface area contributed by atoms with E-state index in [2.05, 4.69) is 20.7 Å². The van der Waals surface area contributed by atoms with Gasteiger partial charge in [0.2, 0.25) is 5.91 Å². The Morgan fingerprint density at radius 2 is 2.00 bits per heavy atom. The maximum Gasteiger partial charge on any atom is 0.246 e. The first-order chi connectivity index (χ1) is 10.6. The molecule has 0 saturated carbocycles. The van der Waals surface area contributed by atoms with Crippen molar-refractivity contribution in [3.05, 3.63) is 42.5 Å². The lowest BCUT2D eigenvalue weighted by molar-refractivity contribution is -0.118. The fraction of sp³-hybridized carbons (Fsp3) is 0.267. The van der Waals surface area contributed by atoms with Crippen molar-refractivity contribution >= 4 is 47.4 Å². The zero-order chi connectivity index (χ0) is 15.7. The van der Waals surface area contributed by atoms with Crippen LogP contribution in [0.25, 0.3) is 11.0 Å². The van der Waals surface area contributed by atoms with Gasteiger partial charge in [0.05, 0.1) is 23.6 Å². The van der Waals surface area contributed by atoms with Gasteiger partial charge in [-0.2, -0.15) is 5.10 Å². The Hall–Kier alpha value is -2.09. The van der Waals surface area contributed by atoms with Crippen molar-refractivity contribution in [2.75, 3.05) is 12.4 Å². The van der Waals surface area contributed by atoms with Crippen molar-refractivity contribution in [1.29, 1.82) is 0 Å². The third-order valence-electron chi connectivity index (χ3n) is 3.60. The number of rotatable bonds is 4. The van der Waals surface area contributed by atoms with Gasteiger partial charge in [0.15, 0.2) is 0 Å². The lowest BCUT2D eigenvalue weighted by Crippen LogP contribution is -2.30. The molecule has 130 valence electrons. The van der Waals surface area contributed by atoms with Gasteiger partial charge in [0, 0.05) is 31.5 Å². The molecule has 0 radical (unpaired) electrons. The van der Waals surface area contributed by atoms with Gasteiger partial charge >= 0.3 is 0 Å². The molecule has 1 amide bonds. The summed E-state index contributed by atoms with van der Waals surface area (Å²) in [5, 5.41) is 10.0. The van der Waals surface area contributed by atoms with Crippen LogP contribution >= 0.6 is 24.8 Å². The van der Waals surface area contributed by atoms with Gasteiger partial charge in [-0.15, -0.1) is 24.8 Å². The van der Waals surface area contributed by atoms with E-state index < -0.39 is 6.04 Å². The number of imidazole rings is 1. The van der Waals surface area contributed by atoms with Crippen molar-refractivity contribution in [1.82, 2.24) is 24.6 Å². The maximum absolute atomic E-state index is 12.5. The van der Waals surface area contributed by atoms with Gasteiger partial charge in [-0.25, -0.2) is 4.98 Å². The van der Waals surface area contributed by atoms with Gasteiger partial charge in [0.25, 0.3) is 0 Å². The second kappa shape index (κ2) is 8.14. The first-order valence-electron chi connectivity index (χ1n) is 6.96. The number of nitrogens with zero attached hydrogens (tertiary/aromatic N) is 4. The maximum atomic E-state index is 12.5. The highest BCUT2D eigenvalue weighted by Crippen LogP contribution is 2.19. The number of likely N-dealkylation sites (N-methyl/N-ethyl adjacent to an activating group) is 1. The zero-order valence-electron chi connectivity index (χ0n) is 13.6. The van der Waals surface area contributed by atoms with Crippen LogP contribution in [0.1, 0.15) is 11.6 Å². The van der Waals surface area contributed by atoms with Gasteiger partial charge in [0.1, 0.15) is 6.04 Å². The highest BCUT2D eigenvalue weighted by atomic mass is 35.5. The molecule has 1 atom stereocenters. The van der Waals surface area contributed by atoms with E-state index in [0.29, 0.717) is 0 Å². The van der Waals surface area contributed by atoms with E-state index in [4.69, 9.17) is 0 Å². The van der Waals surface area contributed by atoms with Crippen LogP contribution < -0.4 is 10.6 Å². The smallest absolute Gasteiger partial charge is 0.246 e. The van der Waals surface area contributed by atoms with E-state index in [1.165, 1.54) is 0 Å². The van der Waals surface area contributed by atoms with Gasteiger partial charge in [-0.3, -0.25) is 9.48 Å². The highest BCUT2D eigenvalue weighted by Gasteiger charge is 2.20. The topological polar surface area (TPSA) is 76.8 Å². The van der Waals surface area contributed by atoms with Crippen molar-refractivity contribution in [3.63, 3.8) is 0 Å². The quantitative estimate of drug-likeness (QED) is 0.736. The number of aryl methyl sites for hydroxylation is 2. The minimum absolute atomic E-state index is 0. The monoisotopic (exact) mass is 370 g/mol. The van der Waals surface area contributed by atoms with E-state index in [-0.39, 0.29) is 30.7 Å². The van der Waals surface area contributed by atoms with Crippen molar-refractivity contribution in [3.8, 4) is 0 Å². The molecule has 0 aliphatic heterocycles. The summed E-state index contributed by atoms with van der Waals surface area (Å²) in [6.07, 6.45) is 5.26. The molecule has 0 aliphatic carbocycles. The SMILES string of the molecule is CNC(C(=O)Nc1ccc2c(c1)ncn2C)c1cnn(C)c1.Cl.Cl. The Morgan fingerprint density at radius 1 is 1.25 bits per heavy atom.